The number of hydrogen-bond acceptors (Lipinski definition) is 6. The van der Waals surface area contributed by atoms with Gasteiger partial charge in [-0.15, -0.1) is 11.3 Å². The number of aromatic hydroxyl groups is 1. The third-order valence-electron chi connectivity index (χ3n) is 5.77. The highest BCUT2D eigenvalue weighted by molar-refractivity contribution is 7.89. The molecule has 1 fully saturated rings. The fourth-order valence-corrected chi connectivity index (χ4v) is 6.53. The predicted molar refractivity (Wildman–Crippen MR) is 131 cm³/mol. The van der Waals surface area contributed by atoms with E-state index in [1.54, 1.807) is 34.0 Å². The lowest BCUT2D eigenvalue weighted by Crippen LogP contribution is -2.39. The SMILES string of the molecule is CCCS(=O)(=O)N1CCC(c2nc(C(=O)Nc3ccccc3-c3ccc(O)cc3)cs2)CC1. The van der Waals surface area contributed by atoms with Crippen LogP contribution in [0.15, 0.2) is 53.9 Å². The van der Waals surface area contributed by atoms with Crippen molar-refractivity contribution in [1.29, 1.82) is 0 Å². The van der Waals surface area contributed by atoms with E-state index in [0.717, 1.165) is 16.1 Å². The largest absolute Gasteiger partial charge is 0.508 e. The van der Waals surface area contributed by atoms with E-state index in [9.17, 15) is 18.3 Å². The predicted octanol–water partition coefficient (Wildman–Crippen LogP) is 4.69. The van der Waals surface area contributed by atoms with Crippen molar-refractivity contribution in [2.24, 2.45) is 0 Å². The lowest BCUT2D eigenvalue weighted by molar-refractivity contribution is 0.102. The Morgan fingerprint density at radius 1 is 1.15 bits per heavy atom. The highest BCUT2D eigenvalue weighted by atomic mass is 32.2. The number of phenols is 1. The molecule has 33 heavy (non-hydrogen) atoms. The van der Waals surface area contributed by atoms with Gasteiger partial charge >= 0.3 is 0 Å². The highest BCUT2D eigenvalue weighted by Gasteiger charge is 2.29. The Hall–Kier alpha value is -2.75. The molecule has 0 saturated carbocycles. The molecule has 1 aliphatic heterocycles. The molecule has 0 unspecified atom stereocenters. The van der Waals surface area contributed by atoms with E-state index in [0.29, 0.717) is 43.7 Å². The van der Waals surface area contributed by atoms with Crippen molar-refractivity contribution >= 4 is 33.0 Å². The van der Waals surface area contributed by atoms with Gasteiger partial charge in [0.25, 0.3) is 5.91 Å². The second-order valence-electron chi connectivity index (χ2n) is 8.11. The summed E-state index contributed by atoms with van der Waals surface area (Å²) in [5.41, 5.74) is 2.75. The van der Waals surface area contributed by atoms with Gasteiger partial charge in [-0.05, 0) is 43.0 Å². The van der Waals surface area contributed by atoms with Gasteiger partial charge in [0.1, 0.15) is 11.4 Å². The molecule has 0 aliphatic carbocycles. The number of thiazole rings is 1. The van der Waals surface area contributed by atoms with Crippen LogP contribution in [0.3, 0.4) is 0 Å². The molecule has 1 aliphatic rings. The van der Waals surface area contributed by atoms with Crippen LogP contribution in [0.25, 0.3) is 11.1 Å². The van der Waals surface area contributed by atoms with Crippen molar-refractivity contribution in [2.45, 2.75) is 32.1 Å². The molecule has 7 nitrogen and oxygen atoms in total. The van der Waals surface area contributed by atoms with Crippen LogP contribution in [-0.2, 0) is 10.0 Å². The normalized spacial score (nSPS) is 15.4. The highest BCUT2D eigenvalue weighted by Crippen LogP contribution is 2.32. The van der Waals surface area contributed by atoms with E-state index in [-0.39, 0.29) is 23.3 Å². The molecule has 4 rings (SSSR count). The summed E-state index contributed by atoms with van der Waals surface area (Å²) in [7, 11) is -3.17. The van der Waals surface area contributed by atoms with Gasteiger partial charge in [0.15, 0.2) is 0 Å². The monoisotopic (exact) mass is 485 g/mol. The van der Waals surface area contributed by atoms with E-state index in [1.807, 2.05) is 31.2 Å². The molecule has 3 aromatic rings. The third-order valence-corrected chi connectivity index (χ3v) is 8.85. The molecule has 2 heterocycles. The first-order valence-electron chi connectivity index (χ1n) is 11.0. The number of amides is 1. The minimum Gasteiger partial charge on any atom is -0.508 e. The fraction of sp³-hybridized carbons (Fsp3) is 0.333. The number of benzene rings is 2. The first-order valence-corrected chi connectivity index (χ1v) is 13.5. The van der Waals surface area contributed by atoms with Crippen LogP contribution >= 0.6 is 11.3 Å². The van der Waals surface area contributed by atoms with Gasteiger partial charge in [-0.3, -0.25) is 4.79 Å². The number of aromatic nitrogens is 1. The third kappa shape index (κ3) is 5.43. The zero-order valence-electron chi connectivity index (χ0n) is 18.4. The summed E-state index contributed by atoms with van der Waals surface area (Å²) in [6.45, 7) is 2.86. The first-order chi connectivity index (χ1) is 15.9. The number of rotatable bonds is 7. The molecule has 0 bridgehead atoms. The molecule has 0 spiro atoms. The number of nitrogens with zero attached hydrogens (tertiary/aromatic N) is 2. The summed E-state index contributed by atoms with van der Waals surface area (Å²) >= 11 is 1.45. The van der Waals surface area contributed by atoms with E-state index < -0.39 is 10.0 Å². The molecular weight excluding hydrogens is 458 g/mol. The minimum absolute atomic E-state index is 0.161. The van der Waals surface area contributed by atoms with E-state index in [4.69, 9.17) is 0 Å². The summed E-state index contributed by atoms with van der Waals surface area (Å²) < 4.78 is 26.2. The molecule has 2 aromatic carbocycles. The molecule has 1 saturated heterocycles. The zero-order valence-corrected chi connectivity index (χ0v) is 20.0. The first kappa shape index (κ1) is 23.4. The Balaban J connectivity index is 1.43. The van der Waals surface area contributed by atoms with Gasteiger partial charge in [-0.25, -0.2) is 17.7 Å². The van der Waals surface area contributed by atoms with Crippen molar-refractivity contribution in [3.8, 4) is 16.9 Å². The Morgan fingerprint density at radius 2 is 1.85 bits per heavy atom. The number of hydrogen-bond donors (Lipinski definition) is 2. The summed E-state index contributed by atoms with van der Waals surface area (Å²) in [4.78, 5) is 17.5. The van der Waals surface area contributed by atoms with Crippen molar-refractivity contribution in [2.75, 3.05) is 24.2 Å². The van der Waals surface area contributed by atoms with Crippen LogP contribution in [0.5, 0.6) is 5.75 Å². The molecule has 174 valence electrons. The topological polar surface area (TPSA) is 99.6 Å². The van der Waals surface area contributed by atoms with E-state index in [1.165, 1.54) is 11.3 Å². The maximum absolute atomic E-state index is 12.9. The molecule has 0 radical (unpaired) electrons. The average molecular weight is 486 g/mol. The van der Waals surface area contributed by atoms with Gasteiger partial charge < -0.3 is 10.4 Å². The number of nitrogens with one attached hydrogen (secondary N) is 1. The summed E-state index contributed by atoms with van der Waals surface area (Å²) in [5.74, 6) is 0.245. The lowest BCUT2D eigenvalue weighted by Gasteiger charge is -2.30. The van der Waals surface area contributed by atoms with Crippen LogP contribution in [0.4, 0.5) is 5.69 Å². The van der Waals surface area contributed by atoms with Gasteiger partial charge in [0.2, 0.25) is 10.0 Å². The summed E-state index contributed by atoms with van der Waals surface area (Å²) in [6.07, 6.45) is 2.03. The number of carbonyl (C=O) groups is 1. The number of piperidine rings is 1. The number of sulfonamides is 1. The van der Waals surface area contributed by atoms with Crippen LogP contribution in [0.2, 0.25) is 0 Å². The van der Waals surface area contributed by atoms with Crippen LogP contribution < -0.4 is 5.32 Å². The van der Waals surface area contributed by atoms with Gasteiger partial charge in [0.05, 0.1) is 10.8 Å². The molecule has 1 aromatic heterocycles. The number of para-hydroxylation sites is 1. The minimum atomic E-state index is -3.17. The molecule has 0 atom stereocenters. The smallest absolute Gasteiger partial charge is 0.275 e. The fourth-order valence-electron chi connectivity index (χ4n) is 4.02. The Kier molecular flexibility index (Phi) is 7.11. The van der Waals surface area contributed by atoms with Crippen molar-refractivity contribution < 1.29 is 18.3 Å². The van der Waals surface area contributed by atoms with Crippen LogP contribution in [0.1, 0.15) is 47.6 Å². The zero-order chi connectivity index (χ0) is 23.4. The van der Waals surface area contributed by atoms with E-state index >= 15 is 0 Å². The quantitative estimate of drug-likeness (QED) is 0.506. The van der Waals surface area contributed by atoms with Crippen LogP contribution in [0, 0.1) is 0 Å². The molecule has 9 heteroatoms. The molecule has 2 N–H and O–H groups in total. The Labute approximate surface area is 198 Å². The van der Waals surface area contributed by atoms with Gasteiger partial charge in [0, 0.05) is 35.6 Å². The standard InChI is InChI=1S/C24H27N3O4S2/c1-2-15-33(30,31)27-13-11-18(12-14-27)24-26-22(16-32-24)23(29)25-21-6-4-3-5-20(21)17-7-9-19(28)10-8-17/h3-10,16,18,28H,2,11-15H2,1H3,(H,25,29). The van der Waals surface area contributed by atoms with E-state index in [2.05, 4.69) is 10.3 Å². The molecular formula is C24H27N3O4S2. The molecule has 1 amide bonds. The Bertz CT molecular complexity index is 1210. The average Bonchev–Trinajstić information content (AvgIpc) is 3.31. The second-order valence-corrected chi connectivity index (χ2v) is 11.1. The lowest BCUT2D eigenvalue weighted by atomic mass is 9.99. The van der Waals surface area contributed by atoms with Crippen molar-refractivity contribution in [3.05, 3.63) is 64.6 Å². The van der Waals surface area contributed by atoms with Crippen LogP contribution in [-0.4, -0.2) is 47.6 Å². The number of phenolic OH excluding ortho intramolecular Hbond substituents is 1. The Morgan fingerprint density at radius 3 is 2.55 bits per heavy atom. The van der Waals surface area contributed by atoms with Gasteiger partial charge in [-0.1, -0.05) is 37.3 Å². The number of anilines is 1. The van der Waals surface area contributed by atoms with Crippen molar-refractivity contribution in [1.82, 2.24) is 9.29 Å². The van der Waals surface area contributed by atoms with Gasteiger partial charge in [-0.2, -0.15) is 0 Å². The second kappa shape index (κ2) is 10.0. The summed E-state index contributed by atoms with van der Waals surface area (Å²) in [6, 6.07) is 14.3. The maximum Gasteiger partial charge on any atom is 0.275 e. The van der Waals surface area contributed by atoms with Crippen molar-refractivity contribution in [3.63, 3.8) is 0 Å². The summed E-state index contributed by atoms with van der Waals surface area (Å²) in [5, 5.41) is 15.1. The number of carbonyl (C=O) groups excluding carboxylic acids is 1. The maximum atomic E-state index is 12.9.